The molecule has 1 aliphatic carbocycles. The Bertz CT molecular complexity index is 763. The predicted molar refractivity (Wildman–Crippen MR) is 86.4 cm³/mol. The third kappa shape index (κ3) is 2.51. The van der Waals surface area contributed by atoms with Gasteiger partial charge in [-0.3, -0.25) is 4.79 Å². The number of rotatable bonds is 3. The van der Waals surface area contributed by atoms with Gasteiger partial charge < -0.3 is 15.2 Å². The SMILES string of the molecule is CC(C)c1noc2nc(C3CC3)cc(C(=O)N3CC[C@H](N)C3)c12. The Morgan fingerprint density at radius 1 is 1.39 bits per heavy atom. The minimum absolute atomic E-state index is 0.0253. The van der Waals surface area contributed by atoms with Gasteiger partial charge in [0.25, 0.3) is 11.6 Å². The van der Waals surface area contributed by atoms with Gasteiger partial charge in [0.05, 0.1) is 16.6 Å². The van der Waals surface area contributed by atoms with Gasteiger partial charge in [-0.25, -0.2) is 4.98 Å². The van der Waals surface area contributed by atoms with E-state index in [0.29, 0.717) is 30.3 Å². The van der Waals surface area contributed by atoms with Gasteiger partial charge in [0.1, 0.15) is 0 Å². The molecule has 6 nitrogen and oxygen atoms in total. The molecule has 2 aromatic heterocycles. The van der Waals surface area contributed by atoms with Crippen molar-refractivity contribution in [2.24, 2.45) is 5.73 Å². The van der Waals surface area contributed by atoms with E-state index in [1.54, 1.807) is 0 Å². The van der Waals surface area contributed by atoms with Gasteiger partial charge in [0.15, 0.2) is 0 Å². The number of hydrogen-bond acceptors (Lipinski definition) is 5. The molecule has 2 fully saturated rings. The van der Waals surface area contributed by atoms with Gasteiger partial charge in [0, 0.05) is 30.7 Å². The Kier molecular flexibility index (Phi) is 3.37. The first-order chi connectivity index (χ1) is 11.0. The second-order valence-electron chi connectivity index (χ2n) is 7.07. The molecule has 2 N–H and O–H groups in total. The molecule has 0 aromatic carbocycles. The zero-order chi connectivity index (χ0) is 16.1. The lowest BCUT2D eigenvalue weighted by Crippen LogP contribution is -2.32. The van der Waals surface area contributed by atoms with Crippen LogP contribution in [0.15, 0.2) is 10.6 Å². The number of carbonyl (C=O) groups excluding carboxylic acids is 1. The van der Waals surface area contributed by atoms with Gasteiger partial charge in [-0.05, 0) is 31.2 Å². The van der Waals surface area contributed by atoms with Crippen molar-refractivity contribution in [3.05, 3.63) is 23.0 Å². The Labute approximate surface area is 135 Å². The maximum absolute atomic E-state index is 13.0. The summed E-state index contributed by atoms with van der Waals surface area (Å²) in [6.07, 6.45) is 3.12. The van der Waals surface area contributed by atoms with Crippen LogP contribution in [0.1, 0.15) is 66.7 Å². The standard InChI is InChI=1S/C17H22N4O2/c1-9(2)15-14-12(17(22)21-6-5-11(18)8-21)7-13(10-3-4-10)19-16(14)23-20-15/h7,9-11H,3-6,8,18H2,1-2H3/t11-/m0/s1. The molecule has 1 saturated carbocycles. The highest BCUT2D eigenvalue weighted by Crippen LogP contribution is 2.41. The second-order valence-corrected chi connectivity index (χ2v) is 7.07. The van der Waals surface area contributed by atoms with E-state index in [1.807, 2.05) is 24.8 Å². The van der Waals surface area contributed by atoms with Crippen molar-refractivity contribution in [1.82, 2.24) is 15.0 Å². The minimum atomic E-state index is 0.0253. The molecule has 2 aromatic rings. The van der Waals surface area contributed by atoms with Crippen molar-refractivity contribution in [2.45, 2.75) is 51.0 Å². The monoisotopic (exact) mass is 314 g/mol. The van der Waals surface area contributed by atoms with Crippen LogP contribution in [0.4, 0.5) is 0 Å². The number of pyridine rings is 1. The van der Waals surface area contributed by atoms with Crippen LogP contribution in [0.2, 0.25) is 0 Å². The normalized spacial score (nSPS) is 21.6. The van der Waals surface area contributed by atoms with Crippen molar-refractivity contribution in [3.8, 4) is 0 Å². The lowest BCUT2D eigenvalue weighted by Gasteiger charge is -2.17. The number of nitrogens with zero attached hydrogens (tertiary/aromatic N) is 3. The molecule has 4 rings (SSSR count). The van der Waals surface area contributed by atoms with E-state index in [4.69, 9.17) is 10.3 Å². The molecular weight excluding hydrogens is 292 g/mol. The maximum atomic E-state index is 13.0. The first-order valence-electron chi connectivity index (χ1n) is 8.39. The molecule has 0 spiro atoms. The van der Waals surface area contributed by atoms with Crippen LogP contribution in [0.5, 0.6) is 0 Å². The Hall–Kier alpha value is -1.95. The number of likely N-dealkylation sites (tertiary alicyclic amines) is 1. The first-order valence-corrected chi connectivity index (χ1v) is 8.39. The van der Waals surface area contributed by atoms with Crippen molar-refractivity contribution in [3.63, 3.8) is 0 Å². The van der Waals surface area contributed by atoms with Gasteiger partial charge in [0.2, 0.25) is 0 Å². The lowest BCUT2D eigenvalue weighted by molar-refractivity contribution is 0.0792. The predicted octanol–water partition coefficient (Wildman–Crippen LogP) is 2.40. The summed E-state index contributed by atoms with van der Waals surface area (Å²) in [6, 6.07) is 2.03. The van der Waals surface area contributed by atoms with E-state index < -0.39 is 0 Å². The minimum Gasteiger partial charge on any atom is -0.337 e. The molecule has 1 amide bonds. The average molecular weight is 314 g/mol. The van der Waals surface area contributed by atoms with E-state index in [-0.39, 0.29) is 17.9 Å². The summed E-state index contributed by atoms with van der Waals surface area (Å²) in [5.74, 6) is 0.661. The van der Waals surface area contributed by atoms with Crippen molar-refractivity contribution in [1.29, 1.82) is 0 Å². The van der Waals surface area contributed by atoms with Crippen molar-refractivity contribution in [2.75, 3.05) is 13.1 Å². The molecule has 2 aliphatic rings. The summed E-state index contributed by atoms with van der Waals surface area (Å²) >= 11 is 0. The molecule has 3 heterocycles. The topological polar surface area (TPSA) is 85.2 Å². The van der Waals surface area contributed by atoms with Gasteiger partial charge in [-0.15, -0.1) is 0 Å². The Morgan fingerprint density at radius 3 is 2.78 bits per heavy atom. The summed E-state index contributed by atoms with van der Waals surface area (Å²) < 4.78 is 5.45. The lowest BCUT2D eigenvalue weighted by atomic mass is 10.0. The maximum Gasteiger partial charge on any atom is 0.259 e. The van der Waals surface area contributed by atoms with E-state index >= 15 is 0 Å². The summed E-state index contributed by atoms with van der Waals surface area (Å²) in [5.41, 5.74) is 8.89. The Balaban J connectivity index is 1.84. The molecular formula is C17H22N4O2. The van der Waals surface area contributed by atoms with Crippen LogP contribution in [0.3, 0.4) is 0 Å². The highest BCUT2D eigenvalue weighted by molar-refractivity contribution is 6.06. The van der Waals surface area contributed by atoms with E-state index in [0.717, 1.165) is 36.0 Å². The molecule has 1 atom stereocenters. The van der Waals surface area contributed by atoms with Crippen LogP contribution in [-0.2, 0) is 0 Å². The number of amides is 1. The zero-order valence-corrected chi connectivity index (χ0v) is 13.6. The fourth-order valence-corrected chi connectivity index (χ4v) is 3.29. The molecule has 23 heavy (non-hydrogen) atoms. The van der Waals surface area contributed by atoms with Crippen LogP contribution < -0.4 is 5.73 Å². The number of nitrogens with two attached hydrogens (primary N) is 1. The summed E-state index contributed by atoms with van der Waals surface area (Å²) in [6.45, 7) is 5.42. The zero-order valence-electron chi connectivity index (χ0n) is 13.6. The highest BCUT2D eigenvalue weighted by Gasteiger charge is 2.32. The van der Waals surface area contributed by atoms with E-state index in [9.17, 15) is 4.79 Å². The van der Waals surface area contributed by atoms with Gasteiger partial charge in [-0.1, -0.05) is 19.0 Å². The fraction of sp³-hybridized carbons (Fsp3) is 0.588. The van der Waals surface area contributed by atoms with E-state index in [1.165, 1.54) is 0 Å². The molecule has 1 saturated heterocycles. The largest absolute Gasteiger partial charge is 0.337 e. The molecule has 0 unspecified atom stereocenters. The second kappa shape index (κ2) is 5.30. The smallest absolute Gasteiger partial charge is 0.259 e. The van der Waals surface area contributed by atoms with Crippen molar-refractivity contribution >= 4 is 17.0 Å². The third-order valence-corrected chi connectivity index (χ3v) is 4.78. The Morgan fingerprint density at radius 2 is 2.17 bits per heavy atom. The number of hydrogen-bond donors (Lipinski definition) is 1. The summed E-state index contributed by atoms with van der Waals surface area (Å²) in [4.78, 5) is 19.5. The molecule has 122 valence electrons. The van der Waals surface area contributed by atoms with Crippen molar-refractivity contribution < 1.29 is 9.32 Å². The van der Waals surface area contributed by atoms with Crippen LogP contribution in [-0.4, -0.2) is 40.1 Å². The molecule has 0 bridgehead atoms. The van der Waals surface area contributed by atoms with Crippen LogP contribution in [0.25, 0.3) is 11.1 Å². The average Bonchev–Trinajstić information content (AvgIpc) is 3.14. The number of aromatic nitrogens is 2. The van der Waals surface area contributed by atoms with Crippen LogP contribution in [0, 0.1) is 0 Å². The quantitative estimate of drug-likeness (QED) is 0.940. The van der Waals surface area contributed by atoms with Crippen LogP contribution >= 0.6 is 0 Å². The number of fused-ring (bicyclic) bond motifs is 1. The molecule has 1 aliphatic heterocycles. The summed E-state index contributed by atoms with van der Waals surface area (Å²) in [7, 11) is 0. The van der Waals surface area contributed by atoms with E-state index in [2.05, 4.69) is 10.1 Å². The highest BCUT2D eigenvalue weighted by atomic mass is 16.5. The van der Waals surface area contributed by atoms with Gasteiger partial charge >= 0.3 is 0 Å². The molecule has 0 radical (unpaired) electrons. The first kappa shape index (κ1) is 14.6. The fourth-order valence-electron chi connectivity index (χ4n) is 3.29. The summed E-state index contributed by atoms with van der Waals surface area (Å²) in [5, 5.41) is 4.94. The number of carbonyl (C=O) groups is 1. The molecule has 6 heteroatoms. The van der Waals surface area contributed by atoms with Gasteiger partial charge in [-0.2, -0.15) is 0 Å². The third-order valence-electron chi connectivity index (χ3n) is 4.78.